The van der Waals surface area contributed by atoms with Gasteiger partial charge in [-0.1, -0.05) is 31.9 Å². The first-order valence-corrected chi connectivity index (χ1v) is 9.00. The van der Waals surface area contributed by atoms with Crippen molar-refractivity contribution < 1.29 is 0 Å². The fraction of sp³-hybridized carbons (Fsp3) is 0.588. The van der Waals surface area contributed by atoms with Gasteiger partial charge in [0, 0.05) is 32.2 Å². The number of hydrogen-bond acceptors (Lipinski definition) is 4. The van der Waals surface area contributed by atoms with Crippen LogP contribution in [0.4, 0.5) is 11.6 Å². The number of nitrogens with zero attached hydrogens (tertiary/aromatic N) is 2. The van der Waals surface area contributed by atoms with Crippen molar-refractivity contribution in [1.82, 2.24) is 15.3 Å². The summed E-state index contributed by atoms with van der Waals surface area (Å²) in [6, 6.07) is 4.56. The molecule has 2 heterocycles. The van der Waals surface area contributed by atoms with Crippen LogP contribution in [0.2, 0.25) is 5.02 Å². The average Bonchev–Trinajstić information content (AvgIpc) is 2.95. The minimum atomic E-state index is 0.462. The van der Waals surface area contributed by atoms with E-state index in [4.69, 9.17) is 16.6 Å². The molecule has 6 heteroatoms. The van der Waals surface area contributed by atoms with E-state index in [-0.39, 0.29) is 0 Å². The molecule has 1 fully saturated rings. The molecule has 1 aromatic heterocycles. The van der Waals surface area contributed by atoms with Gasteiger partial charge in [0.05, 0.1) is 21.7 Å². The average molecular weight is 336 g/mol. The van der Waals surface area contributed by atoms with E-state index in [2.05, 4.69) is 40.4 Å². The van der Waals surface area contributed by atoms with Gasteiger partial charge >= 0.3 is 0 Å². The van der Waals surface area contributed by atoms with E-state index < -0.39 is 0 Å². The Morgan fingerprint density at radius 1 is 1.30 bits per heavy atom. The van der Waals surface area contributed by atoms with Crippen molar-refractivity contribution in [2.45, 2.75) is 39.2 Å². The predicted molar refractivity (Wildman–Crippen MR) is 98.8 cm³/mol. The first-order valence-electron chi connectivity index (χ1n) is 8.62. The highest BCUT2D eigenvalue weighted by molar-refractivity contribution is 6.34. The zero-order valence-corrected chi connectivity index (χ0v) is 14.7. The number of nitrogens with one attached hydrogen (secondary N) is 3. The van der Waals surface area contributed by atoms with Crippen LogP contribution in [-0.2, 0) is 0 Å². The van der Waals surface area contributed by atoms with Crippen molar-refractivity contribution in [1.29, 1.82) is 0 Å². The molecule has 0 aliphatic carbocycles. The molecule has 1 atom stereocenters. The summed E-state index contributed by atoms with van der Waals surface area (Å²) < 4.78 is 0. The Balaban J connectivity index is 1.84. The monoisotopic (exact) mass is 335 g/mol. The second-order valence-electron chi connectivity index (χ2n) is 6.18. The molecule has 126 valence electrons. The van der Waals surface area contributed by atoms with Crippen molar-refractivity contribution in [2.24, 2.45) is 0 Å². The second kappa shape index (κ2) is 7.41. The molecular weight excluding hydrogens is 310 g/mol. The van der Waals surface area contributed by atoms with Crippen molar-refractivity contribution >= 4 is 34.3 Å². The molecule has 2 aromatic rings. The highest BCUT2D eigenvalue weighted by Gasteiger charge is 2.16. The highest BCUT2D eigenvalue weighted by atomic mass is 35.5. The first kappa shape index (κ1) is 16.4. The number of aromatic nitrogens is 2. The minimum Gasteiger partial charge on any atom is -0.368 e. The summed E-state index contributed by atoms with van der Waals surface area (Å²) in [5.74, 6) is 0.842. The summed E-state index contributed by atoms with van der Waals surface area (Å²) in [6.45, 7) is 8.37. The predicted octanol–water partition coefficient (Wildman–Crippen LogP) is 3.62. The van der Waals surface area contributed by atoms with Crippen LogP contribution in [0.15, 0.2) is 12.1 Å². The molecule has 1 aliphatic heterocycles. The zero-order chi connectivity index (χ0) is 16.2. The molecule has 0 radical (unpaired) electrons. The van der Waals surface area contributed by atoms with E-state index in [0.29, 0.717) is 6.04 Å². The fourth-order valence-corrected chi connectivity index (χ4v) is 3.44. The third-order valence-corrected chi connectivity index (χ3v) is 4.78. The Morgan fingerprint density at radius 3 is 2.78 bits per heavy atom. The molecule has 0 amide bonds. The fourth-order valence-electron chi connectivity index (χ4n) is 3.16. The maximum Gasteiger partial charge on any atom is 0.201 e. The molecule has 0 saturated carbocycles. The number of piperazine rings is 1. The molecule has 1 unspecified atom stereocenters. The normalized spacial score (nSPS) is 16.7. The summed E-state index contributed by atoms with van der Waals surface area (Å²) in [4.78, 5) is 10.4. The molecule has 1 aliphatic rings. The zero-order valence-electron chi connectivity index (χ0n) is 14.0. The Bertz CT molecular complexity index is 648. The van der Waals surface area contributed by atoms with E-state index in [1.54, 1.807) is 0 Å². The third-order valence-electron chi connectivity index (χ3n) is 4.48. The number of imidazole rings is 1. The van der Waals surface area contributed by atoms with Crippen molar-refractivity contribution in [3.05, 3.63) is 17.2 Å². The number of H-pyrrole nitrogens is 1. The van der Waals surface area contributed by atoms with Crippen molar-refractivity contribution in [3.8, 4) is 0 Å². The number of hydrogen-bond donors (Lipinski definition) is 3. The lowest BCUT2D eigenvalue weighted by molar-refractivity contribution is 0.589. The summed E-state index contributed by atoms with van der Waals surface area (Å²) in [5.41, 5.74) is 3.04. The van der Waals surface area contributed by atoms with Gasteiger partial charge in [-0.2, -0.15) is 0 Å². The second-order valence-corrected chi connectivity index (χ2v) is 6.59. The smallest absolute Gasteiger partial charge is 0.201 e. The maximum absolute atomic E-state index is 6.50. The molecule has 0 spiro atoms. The maximum atomic E-state index is 6.50. The standard InChI is InChI=1S/C17H26ClN5/c1-3-5-12(4-2)20-17-21-14-10-13(18)16(11-15(14)22-17)23-8-6-19-7-9-23/h10-12,19H,3-9H2,1-2H3,(H2,20,21,22). The molecule has 5 nitrogen and oxygen atoms in total. The first-order chi connectivity index (χ1) is 11.2. The Morgan fingerprint density at radius 2 is 2.09 bits per heavy atom. The number of benzene rings is 1. The number of rotatable bonds is 6. The SMILES string of the molecule is CCCC(CC)Nc1nc2cc(N3CCNCC3)c(Cl)cc2[nH]1. The van der Waals surface area contributed by atoms with Gasteiger partial charge in [0.15, 0.2) is 0 Å². The lowest BCUT2D eigenvalue weighted by atomic mass is 10.1. The molecule has 0 bridgehead atoms. The lowest BCUT2D eigenvalue weighted by Gasteiger charge is -2.30. The molecular formula is C17H26ClN5. The Hall–Kier alpha value is -1.46. The van der Waals surface area contributed by atoms with Gasteiger partial charge in [-0.15, -0.1) is 0 Å². The van der Waals surface area contributed by atoms with E-state index in [0.717, 1.165) is 66.7 Å². The van der Waals surface area contributed by atoms with Crippen molar-refractivity contribution in [2.75, 3.05) is 36.4 Å². The number of halogens is 1. The summed E-state index contributed by atoms with van der Waals surface area (Å²) in [6.07, 6.45) is 3.42. The van der Waals surface area contributed by atoms with E-state index in [1.165, 1.54) is 6.42 Å². The van der Waals surface area contributed by atoms with Gasteiger partial charge < -0.3 is 20.5 Å². The molecule has 1 aromatic carbocycles. The third kappa shape index (κ3) is 3.72. The summed E-state index contributed by atoms with van der Waals surface area (Å²) >= 11 is 6.50. The van der Waals surface area contributed by atoms with Gasteiger partial charge in [0.1, 0.15) is 0 Å². The van der Waals surface area contributed by atoms with Gasteiger partial charge in [-0.3, -0.25) is 0 Å². The van der Waals surface area contributed by atoms with Crippen LogP contribution in [0.1, 0.15) is 33.1 Å². The summed E-state index contributed by atoms with van der Waals surface area (Å²) in [7, 11) is 0. The number of fused-ring (bicyclic) bond motifs is 1. The van der Waals surface area contributed by atoms with E-state index in [9.17, 15) is 0 Å². The minimum absolute atomic E-state index is 0.462. The van der Waals surface area contributed by atoms with Crippen LogP contribution in [0, 0.1) is 0 Å². The van der Waals surface area contributed by atoms with Crippen LogP contribution >= 0.6 is 11.6 Å². The van der Waals surface area contributed by atoms with Gasteiger partial charge in [0.25, 0.3) is 0 Å². The Kier molecular flexibility index (Phi) is 5.28. The molecule has 3 rings (SSSR count). The van der Waals surface area contributed by atoms with Crippen LogP contribution in [0.3, 0.4) is 0 Å². The molecule has 3 N–H and O–H groups in total. The van der Waals surface area contributed by atoms with Crippen LogP contribution in [-0.4, -0.2) is 42.2 Å². The quantitative estimate of drug-likeness (QED) is 0.754. The van der Waals surface area contributed by atoms with E-state index >= 15 is 0 Å². The topological polar surface area (TPSA) is 56.0 Å². The van der Waals surface area contributed by atoms with Gasteiger partial charge in [-0.05, 0) is 25.0 Å². The lowest BCUT2D eigenvalue weighted by Crippen LogP contribution is -2.43. The molecule has 1 saturated heterocycles. The van der Waals surface area contributed by atoms with E-state index in [1.807, 2.05) is 6.07 Å². The molecule has 23 heavy (non-hydrogen) atoms. The summed E-state index contributed by atoms with van der Waals surface area (Å²) in [5, 5.41) is 7.66. The van der Waals surface area contributed by atoms with Crippen LogP contribution in [0.25, 0.3) is 11.0 Å². The highest BCUT2D eigenvalue weighted by Crippen LogP contribution is 2.31. The van der Waals surface area contributed by atoms with Gasteiger partial charge in [0.2, 0.25) is 5.95 Å². The van der Waals surface area contributed by atoms with Crippen LogP contribution in [0.5, 0.6) is 0 Å². The number of anilines is 2. The largest absolute Gasteiger partial charge is 0.368 e. The number of aromatic amines is 1. The van der Waals surface area contributed by atoms with Gasteiger partial charge in [-0.25, -0.2) is 4.98 Å². The Labute approximate surface area is 142 Å². The van der Waals surface area contributed by atoms with Crippen LogP contribution < -0.4 is 15.5 Å². The van der Waals surface area contributed by atoms with Crippen molar-refractivity contribution in [3.63, 3.8) is 0 Å².